The van der Waals surface area contributed by atoms with E-state index in [1.54, 1.807) is 13.8 Å². The van der Waals surface area contributed by atoms with Crippen LogP contribution in [0.15, 0.2) is 0 Å². The number of carbonyl (C=O) groups is 2. The number of amides is 2. The molecule has 0 aromatic rings. The number of carbonyl (C=O) groups excluding carboxylic acids is 1. The molecule has 2 unspecified atom stereocenters. The number of aliphatic carboxylic acids is 1. The van der Waals surface area contributed by atoms with Crippen LogP contribution >= 0.6 is 0 Å². The van der Waals surface area contributed by atoms with Crippen LogP contribution in [0.1, 0.15) is 59.3 Å². The first-order valence-corrected chi connectivity index (χ1v) is 7.73. The molecule has 0 aromatic heterocycles. The highest BCUT2D eigenvalue weighted by Gasteiger charge is 2.36. The van der Waals surface area contributed by atoms with Crippen LogP contribution < -0.4 is 10.6 Å². The van der Waals surface area contributed by atoms with Gasteiger partial charge in [0.15, 0.2) is 0 Å². The molecule has 0 radical (unpaired) electrons. The van der Waals surface area contributed by atoms with Crippen LogP contribution in [0.4, 0.5) is 4.79 Å². The second-order valence-electron chi connectivity index (χ2n) is 6.07. The molecule has 5 nitrogen and oxygen atoms in total. The molecule has 2 atom stereocenters. The SMILES string of the molecule is CCC(CC)(NC(=O)NCC1CCCC(C)C1)C(=O)O. The van der Waals surface area contributed by atoms with Crippen LogP contribution in [0.25, 0.3) is 0 Å². The van der Waals surface area contributed by atoms with Crippen LogP contribution in [0, 0.1) is 11.8 Å². The summed E-state index contributed by atoms with van der Waals surface area (Å²) in [6.07, 6.45) is 5.55. The lowest BCUT2D eigenvalue weighted by Gasteiger charge is -2.30. The normalized spacial score (nSPS) is 23.1. The molecule has 3 N–H and O–H groups in total. The Morgan fingerprint density at radius 2 is 1.90 bits per heavy atom. The molecule has 1 saturated carbocycles. The number of hydrogen-bond donors (Lipinski definition) is 3. The van der Waals surface area contributed by atoms with Crippen molar-refractivity contribution >= 4 is 12.0 Å². The van der Waals surface area contributed by atoms with Gasteiger partial charge >= 0.3 is 12.0 Å². The molecular weight excluding hydrogens is 256 g/mol. The van der Waals surface area contributed by atoms with Crippen molar-refractivity contribution in [2.75, 3.05) is 6.54 Å². The van der Waals surface area contributed by atoms with Crippen molar-refractivity contribution in [2.45, 2.75) is 64.8 Å². The highest BCUT2D eigenvalue weighted by Crippen LogP contribution is 2.27. The summed E-state index contributed by atoms with van der Waals surface area (Å²) in [4.78, 5) is 23.2. The molecule has 20 heavy (non-hydrogen) atoms. The van der Waals surface area contributed by atoms with Crippen LogP contribution in [0.2, 0.25) is 0 Å². The van der Waals surface area contributed by atoms with Gasteiger partial charge in [-0.1, -0.05) is 33.6 Å². The molecule has 0 bridgehead atoms. The molecular formula is C15H28N2O3. The Morgan fingerprint density at radius 1 is 1.25 bits per heavy atom. The molecule has 5 heteroatoms. The average molecular weight is 284 g/mol. The van der Waals surface area contributed by atoms with Gasteiger partial charge in [0.1, 0.15) is 5.54 Å². The van der Waals surface area contributed by atoms with Crippen LogP contribution in [0.5, 0.6) is 0 Å². The number of nitrogens with one attached hydrogen (secondary N) is 2. The standard InChI is InChI=1S/C15H28N2O3/c1-4-15(5-2,13(18)19)17-14(20)16-10-12-8-6-7-11(3)9-12/h11-12H,4-10H2,1-3H3,(H,18,19)(H2,16,17,20). The minimum Gasteiger partial charge on any atom is -0.480 e. The Labute approximate surface area is 121 Å². The molecule has 0 saturated heterocycles. The Morgan fingerprint density at radius 3 is 2.40 bits per heavy atom. The van der Waals surface area contributed by atoms with Crippen molar-refractivity contribution in [1.29, 1.82) is 0 Å². The van der Waals surface area contributed by atoms with E-state index in [-0.39, 0.29) is 6.03 Å². The molecule has 0 aliphatic heterocycles. The summed E-state index contributed by atoms with van der Waals surface area (Å²) in [6.45, 7) is 6.44. The predicted molar refractivity (Wildman–Crippen MR) is 78.6 cm³/mol. The van der Waals surface area contributed by atoms with Gasteiger partial charge in [0.05, 0.1) is 0 Å². The highest BCUT2D eigenvalue weighted by atomic mass is 16.4. The Bertz CT molecular complexity index is 340. The van der Waals surface area contributed by atoms with Gasteiger partial charge in [0.2, 0.25) is 0 Å². The largest absolute Gasteiger partial charge is 0.480 e. The zero-order valence-corrected chi connectivity index (χ0v) is 12.9. The third-order valence-electron chi connectivity index (χ3n) is 4.57. The van der Waals surface area contributed by atoms with Crippen LogP contribution in [0.3, 0.4) is 0 Å². The maximum absolute atomic E-state index is 11.9. The molecule has 116 valence electrons. The number of urea groups is 1. The molecule has 1 aliphatic rings. The smallest absolute Gasteiger partial charge is 0.329 e. The highest BCUT2D eigenvalue weighted by molar-refractivity contribution is 5.86. The summed E-state index contributed by atoms with van der Waals surface area (Å²) in [7, 11) is 0. The lowest BCUT2D eigenvalue weighted by Crippen LogP contribution is -2.57. The fourth-order valence-electron chi connectivity index (χ4n) is 3.03. The summed E-state index contributed by atoms with van der Waals surface area (Å²) < 4.78 is 0. The molecule has 1 aliphatic carbocycles. The number of rotatable bonds is 6. The summed E-state index contributed by atoms with van der Waals surface area (Å²) in [5.41, 5.74) is -1.15. The molecule has 1 rings (SSSR count). The van der Waals surface area contributed by atoms with Crippen molar-refractivity contribution < 1.29 is 14.7 Å². The Balaban J connectivity index is 2.44. The van der Waals surface area contributed by atoms with E-state index in [1.807, 2.05) is 0 Å². The first-order valence-electron chi connectivity index (χ1n) is 7.73. The lowest BCUT2D eigenvalue weighted by molar-refractivity contribution is -0.144. The molecule has 0 spiro atoms. The maximum Gasteiger partial charge on any atom is 0.329 e. The minimum atomic E-state index is -1.15. The number of carboxylic acids is 1. The van der Waals surface area contributed by atoms with E-state index in [9.17, 15) is 14.7 Å². The van der Waals surface area contributed by atoms with Crippen molar-refractivity contribution in [3.8, 4) is 0 Å². The van der Waals surface area contributed by atoms with E-state index in [4.69, 9.17) is 0 Å². The zero-order valence-electron chi connectivity index (χ0n) is 12.9. The number of carboxylic acid groups (broad SMARTS) is 1. The van der Waals surface area contributed by atoms with Gasteiger partial charge in [0.25, 0.3) is 0 Å². The second-order valence-corrected chi connectivity index (χ2v) is 6.07. The fraction of sp³-hybridized carbons (Fsp3) is 0.867. The van der Waals surface area contributed by atoms with Crippen LogP contribution in [-0.4, -0.2) is 29.2 Å². The Hall–Kier alpha value is -1.26. The van der Waals surface area contributed by atoms with E-state index < -0.39 is 11.5 Å². The summed E-state index contributed by atoms with van der Waals surface area (Å²) >= 11 is 0. The predicted octanol–water partition coefficient (Wildman–Crippen LogP) is 2.76. The van der Waals surface area contributed by atoms with Crippen molar-refractivity contribution in [3.63, 3.8) is 0 Å². The number of hydrogen-bond acceptors (Lipinski definition) is 2. The first-order chi connectivity index (χ1) is 9.43. The quantitative estimate of drug-likeness (QED) is 0.701. The molecule has 0 aromatic carbocycles. The van der Waals surface area contributed by atoms with E-state index in [1.165, 1.54) is 12.8 Å². The Kier molecular flexibility index (Phi) is 6.30. The second kappa shape index (κ2) is 7.50. The van der Waals surface area contributed by atoms with Gasteiger partial charge in [-0.2, -0.15) is 0 Å². The monoisotopic (exact) mass is 284 g/mol. The summed E-state index contributed by atoms with van der Waals surface area (Å²) in [5.74, 6) is 0.277. The van der Waals surface area contributed by atoms with E-state index in [0.717, 1.165) is 18.8 Å². The lowest BCUT2D eigenvalue weighted by atomic mass is 9.82. The van der Waals surface area contributed by atoms with Gasteiger partial charge < -0.3 is 15.7 Å². The van der Waals surface area contributed by atoms with E-state index in [2.05, 4.69) is 17.6 Å². The summed E-state index contributed by atoms with van der Waals surface area (Å²) in [5, 5.41) is 14.8. The average Bonchev–Trinajstić information content (AvgIpc) is 2.42. The minimum absolute atomic E-state index is 0.366. The third kappa shape index (κ3) is 4.39. The van der Waals surface area contributed by atoms with Gasteiger partial charge in [0, 0.05) is 6.54 Å². The van der Waals surface area contributed by atoms with Gasteiger partial charge in [-0.05, 0) is 37.5 Å². The maximum atomic E-state index is 11.9. The molecule has 2 amide bonds. The van der Waals surface area contributed by atoms with Gasteiger partial charge in [-0.3, -0.25) is 0 Å². The molecule has 1 fully saturated rings. The first kappa shape index (κ1) is 16.8. The molecule has 0 heterocycles. The van der Waals surface area contributed by atoms with E-state index in [0.29, 0.717) is 25.3 Å². The zero-order chi connectivity index (χ0) is 15.2. The topological polar surface area (TPSA) is 78.4 Å². The van der Waals surface area contributed by atoms with Gasteiger partial charge in [-0.25, -0.2) is 9.59 Å². The van der Waals surface area contributed by atoms with Crippen LogP contribution in [-0.2, 0) is 4.79 Å². The van der Waals surface area contributed by atoms with Crippen molar-refractivity contribution in [1.82, 2.24) is 10.6 Å². The van der Waals surface area contributed by atoms with Gasteiger partial charge in [-0.15, -0.1) is 0 Å². The third-order valence-corrected chi connectivity index (χ3v) is 4.57. The van der Waals surface area contributed by atoms with Crippen molar-refractivity contribution in [3.05, 3.63) is 0 Å². The fourth-order valence-corrected chi connectivity index (χ4v) is 3.03. The van der Waals surface area contributed by atoms with E-state index >= 15 is 0 Å². The summed E-state index contributed by atoms with van der Waals surface area (Å²) in [6, 6.07) is -0.366. The van der Waals surface area contributed by atoms with Crippen molar-refractivity contribution in [2.24, 2.45) is 11.8 Å².